The Morgan fingerprint density at radius 1 is 1.35 bits per heavy atom. The number of amides is 1. The molecule has 1 aliphatic rings. The van der Waals surface area contributed by atoms with Gasteiger partial charge in [-0.25, -0.2) is 0 Å². The molecular formula is C16H21BrClNO. The van der Waals surface area contributed by atoms with E-state index in [4.69, 9.17) is 11.6 Å². The van der Waals surface area contributed by atoms with Crippen molar-refractivity contribution < 1.29 is 4.79 Å². The summed E-state index contributed by atoms with van der Waals surface area (Å²) in [6.07, 6.45) is 6.37. The molecular weight excluding hydrogens is 338 g/mol. The van der Waals surface area contributed by atoms with Crippen LogP contribution in [0.4, 0.5) is 0 Å². The van der Waals surface area contributed by atoms with Crippen LogP contribution in [0, 0.1) is 11.8 Å². The third-order valence-corrected chi connectivity index (χ3v) is 5.04. The number of hydrogen-bond acceptors (Lipinski definition) is 1. The van der Waals surface area contributed by atoms with Crippen LogP contribution in [-0.2, 0) is 0 Å². The van der Waals surface area contributed by atoms with Gasteiger partial charge in [-0.1, -0.05) is 44.2 Å². The van der Waals surface area contributed by atoms with Crippen LogP contribution in [0.3, 0.4) is 0 Å². The zero-order valence-electron chi connectivity index (χ0n) is 11.8. The molecule has 0 bridgehead atoms. The molecule has 2 rings (SSSR count). The Balaban J connectivity index is 1.77. The number of halogens is 2. The number of benzene rings is 1. The second kappa shape index (κ2) is 7.46. The molecule has 4 heteroatoms. The number of carbonyl (C=O) groups is 1. The second-order valence-electron chi connectivity index (χ2n) is 5.79. The summed E-state index contributed by atoms with van der Waals surface area (Å²) < 4.78 is 0.744. The summed E-state index contributed by atoms with van der Waals surface area (Å²) >= 11 is 9.26. The Kier molecular flexibility index (Phi) is 5.91. The van der Waals surface area contributed by atoms with E-state index >= 15 is 0 Å². The van der Waals surface area contributed by atoms with E-state index < -0.39 is 0 Å². The first-order valence-corrected chi connectivity index (χ1v) is 8.46. The summed E-state index contributed by atoms with van der Waals surface area (Å²) in [5.41, 5.74) is 0.645. The van der Waals surface area contributed by atoms with Crippen molar-refractivity contribution in [3.63, 3.8) is 0 Å². The van der Waals surface area contributed by atoms with Gasteiger partial charge in [0, 0.05) is 16.0 Å². The molecule has 1 N–H and O–H groups in total. The van der Waals surface area contributed by atoms with E-state index in [-0.39, 0.29) is 5.91 Å². The summed E-state index contributed by atoms with van der Waals surface area (Å²) in [5.74, 6) is 1.63. The molecule has 0 radical (unpaired) electrons. The maximum atomic E-state index is 12.1. The molecule has 2 nitrogen and oxygen atoms in total. The fraction of sp³-hybridized carbons (Fsp3) is 0.562. The molecule has 1 aromatic carbocycles. The van der Waals surface area contributed by atoms with E-state index in [9.17, 15) is 4.79 Å². The van der Waals surface area contributed by atoms with Crippen molar-refractivity contribution in [3.05, 3.63) is 33.3 Å². The molecule has 1 aromatic rings. The lowest BCUT2D eigenvalue weighted by Gasteiger charge is -2.26. The van der Waals surface area contributed by atoms with Gasteiger partial charge in [0.25, 0.3) is 5.91 Å². The summed E-state index contributed by atoms with van der Waals surface area (Å²) in [7, 11) is 0. The number of nitrogens with one attached hydrogen (secondary N) is 1. The van der Waals surface area contributed by atoms with E-state index in [1.807, 2.05) is 0 Å². The predicted octanol–water partition coefficient (Wildman–Crippen LogP) is 5.05. The van der Waals surface area contributed by atoms with Gasteiger partial charge in [0.05, 0.1) is 5.56 Å². The van der Waals surface area contributed by atoms with Crippen molar-refractivity contribution in [1.29, 1.82) is 0 Å². The summed E-state index contributed by atoms with van der Waals surface area (Å²) in [6.45, 7) is 3.09. The topological polar surface area (TPSA) is 29.1 Å². The third kappa shape index (κ3) is 4.49. The standard InChI is InChI=1S/C16H21BrClNO/c1-11-2-4-12(5-3-11)8-9-19-16(20)14-7-6-13(18)10-15(14)17/h6-7,10-12H,2-5,8-9H2,1H3,(H,19,20). The SMILES string of the molecule is CC1CCC(CCNC(=O)c2ccc(Cl)cc2Br)CC1. The third-order valence-electron chi connectivity index (χ3n) is 4.15. The molecule has 1 fully saturated rings. The van der Waals surface area contributed by atoms with E-state index in [2.05, 4.69) is 28.2 Å². The van der Waals surface area contributed by atoms with Gasteiger partial charge < -0.3 is 5.32 Å². The molecule has 0 heterocycles. The van der Waals surface area contributed by atoms with E-state index in [1.165, 1.54) is 25.7 Å². The van der Waals surface area contributed by atoms with Crippen molar-refractivity contribution >= 4 is 33.4 Å². The fourth-order valence-corrected chi connectivity index (χ4v) is 3.64. The minimum Gasteiger partial charge on any atom is -0.352 e. The van der Waals surface area contributed by atoms with Gasteiger partial charge in [-0.3, -0.25) is 4.79 Å². The van der Waals surface area contributed by atoms with Gasteiger partial charge in [0.2, 0.25) is 0 Å². The van der Waals surface area contributed by atoms with Crippen molar-refractivity contribution in [3.8, 4) is 0 Å². The smallest absolute Gasteiger partial charge is 0.252 e. The first kappa shape index (κ1) is 15.8. The van der Waals surface area contributed by atoms with Gasteiger partial charge in [0.1, 0.15) is 0 Å². The lowest BCUT2D eigenvalue weighted by molar-refractivity contribution is 0.0949. The zero-order valence-corrected chi connectivity index (χ0v) is 14.1. The summed E-state index contributed by atoms with van der Waals surface area (Å²) in [5, 5.41) is 3.64. The first-order valence-electron chi connectivity index (χ1n) is 7.29. The highest BCUT2D eigenvalue weighted by Crippen LogP contribution is 2.30. The highest BCUT2D eigenvalue weighted by Gasteiger charge is 2.18. The first-order chi connectivity index (χ1) is 9.56. The van der Waals surface area contributed by atoms with Crippen LogP contribution in [-0.4, -0.2) is 12.5 Å². The van der Waals surface area contributed by atoms with Crippen LogP contribution in [0.15, 0.2) is 22.7 Å². The average molecular weight is 359 g/mol. The number of rotatable bonds is 4. The minimum absolute atomic E-state index is 0.0299. The zero-order chi connectivity index (χ0) is 14.5. The Labute approximate surface area is 134 Å². The molecule has 0 spiro atoms. The van der Waals surface area contributed by atoms with Crippen LogP contribution in [0.5, 0.6) is 0 Å². The molecule has 110 valence electrons. The average Bonchev–Trinajstić information content (AvgIpc) is 2.41. The highest BCUT2D eigenvalue weighted by atomic mass is 79.9. The molecule has 1 saturated carbocycles. The molecule has 0 atom stereocenters. The van der Waals surface area contributed by atoms with Gasteiger partial charge in [-0.2, -0.15) is 0 Å². The lowest BCUT2D eigenvalue weighted by Crippen LogP contribution is -2.27. The van der Waals surface area contributed by atoms with Gasteiger partial charge >= 0.3 is 0 Å². The van der Waals surface area contributed by atoms with Gasteiger partial charge in [-0.05, 0) is 52.4 Å². The van der Waals surface area contributed by atoms with Crippen molar-refractivity contribution in [1.82, 2.24) is 5.32 Å². The van der Waals surface area contributed by atoms with Crippen molar-refractivity contribution in [2.24, 2.45) is 11.8 Å². The summed E-state index contributed by atoms with van der Waals surface area (Å²) in [4.78, 5) is 12.1. The number of hydrogen-bond donors (Lipinski definition) is 1. The molecule has 0 aliphatic heterocycles. The van der Waals surface area contributed by atoms with Crippen LogP contribution >= 0.6 is 27.5 Å². The predicted molar refractivity (Wildman–Crippen MR) is 87.2 cm³/mol. The van der Waals surface area contributed by atoms with Gasteiger partial charge in [-0.15, -0.1) is 0 Å². The van der Waals surface area contributed by atoms with Crippen LogP contribution in [0.2, 0.25) is 5.02 Å². The monoisotopic (exact) mass is 357 g/mol. The maximum absolute atomic E-state index is 12.1. The van der Waals surface area contributed by atoms with Crippen LogP contribution in [0.1, 0.15) is 49.4 Å². The van der Waals surface area contributed by atoms with Gasteiger partial charge in [0.15, 0.2) is 0 Å². The molecule has 0 aromatic heterocycles. The Hall–Kier alpha value is -0.540. The van der Waals surface area contributed by atoms with Crippen LogP contribution < -0.4 is 5.32 Å². The normalized spacial score (nSPS) is 22.6. The van der Waals surface area contributed by atoms with Crippen molar-refractivity contribution in [2.75, 3.05) is 6.54 Å². The van der Waals surface area contributed by atoms with E-state index in [0.717, 1.165) is 29.3 Å². The molecule has 0 saturated heterocycles. The van der Waals surface area contributed by atoms with Crippen LogP contribution in [0.25, 0.3) is 0 Å². The van der Waals surface area contributed by atoms with E-state index in [0.29, 0.717) is 10.6 Å². The molecule has 1 amide bonds. The molecule has 1 aliphatic carbocycles. The molecule has 20 heavy (non-hydrogen) atoms. The number of carbonyl (C=O) groups excluding carboxylic acids is 1. The Bertz CT molecular complexity index is 470. The Morgan fingerprint density at radius 2 is 2.05 bits per heavy atom. The maximum Gasteiger partial charge on any atom is 0.252 e. The largest absolute Gasteiger partial charge is 0.352 e. The lowest BCUT2D eigenvalue weighted by atomic mass is 9.81. The molecule has 0 unspecified atom stereocenters. The quantitative estimate of drug-likeness (QED) is 0.802. The van der Waals surface area contributed by atoms with Crippen molar-refractivity contribution in [2.45, 2.75) is 39.0 Å². The summed E-state index contributed by atoms with van der Waals surface area (Å²) in [6, 6.07) is 5.24. The Morgan fingerprint density at radius 3 is 2.70 bits per heavy atom. The van der Waals surface area contributed by atoms with E-state index in [1.54, 1.807) is 18.2 Å². The second-order valence-corrected chi connectivity index (χ2v) is 7.09. The fourth-order valence-electron chi connectivity index (χ4n) is 2.78. The highest BCUT2D eigenvalue weighted by molar-refractivity contribution is 9.10. The minimum atomic E-state index is -0.0299.